The molecule has 4 aromatic rings. The number of anilines is 2. The fourth-order valence-electron chi connectivity index (χ4n) is 8.29. The molecule has 6 heterocycles. The van der Waals surface area contributed by atoms with Gasteiger partial charge in [-0.15, -0.1) is 11.3 Å². The summed E-state index contributed by atoms with van der Waals surface area (Å²) in [5.74, 6) is -0.119. The van der Waals surface area contributed by atoms with Crippen molar-refractivity contribution in [3.63, 3.8) is 0 Å². The second-order valence-corrected chi connectivity index (χ2v) is 14.6. The topological polar surface area (TPSA) is 121 Å². The zero-order chi connectivity index (χ0) is 31.9. The molecule has 0 aliphatic carbocycles. The number of halogens is 3. The molecule has 3 unspecified atom stereocenters. The van der Waals surface area contributed by atoms with Crippen molar-refractivity contribution in [1.82, 2.24) is 14.9 Å². The van der Waals surface area contributed by atoms with Gasteiger partial charge < -0.3 is 25.2 Å². The van der Waals surface area contributed by atoms with E-state index in [4.69, 9.17) is 31.8 Å². The fourth-order valence-corrected chi connectivity index (χ4v) is 9.57. The molecule has 3 saturated heterocycles. The van der Waals surface area contributed by atoms with Gasteiger partial charge in [-0.3, -0.25) is 4.90 Å². The van der Waals surface area contributed by atoms with Crippen molar-refractivity contribution in [3.05, 3.63) is 34.4 Å². The third kappa shape index (κ3) is 4.50. The van der Waals surface area contributed by atoms with E-state index in [2.05, 4.69) is 27.8 Å². The Morgan fingerprint density at radius 2 is 2.11 bits per heavy atom. The lowest BCUT2D eigenvalue weighted by molar-refractivity contribution is 0.107. The van der Waals surface area contributed by atoms with Crippen molar-refractivity contribution < 1.29 is 23.4 Å². The standard InChI is InChI=1S/C33H33ClF2N6O3S/c1-16-12-33(7-2-8-41(33)14-16)15-45-32-39-27-24-28(44-10-6-17-11-18(43)5-9-42(17)31(24)40-32)25(34)23(26(27)36)19-3-4-21(35)29-22(19)20(13-37)30(38)46-29/h3-4,16-18,43H,2,5-12,14-15,38H2,1H3/t16-,17?,18?,33?/m1/s1. The average molecular weight is 667 g/mol. The molecule has 2 aromatic heterocycles. The summed E-state index contributed by atoms with van der Waals surface area (Å²) < 4.78 is 44.9. The quantitative estimate of drug-likeness (QED) is 0.260. The Morgan fingerprint density at radius 1 is 1.26 bits per heavy atom. The number of benzene rings is 2. The zero-order valence-electron chi connectivity index (χ0n) is 25.3. The number of ether oxygens (including phenoxy) is 2. The third-order valence-electron chi connectivity index (χ3n) is 10.3. The molecule has 9 nitrogen and oxygen atoms in total. The lowest BCUT2D eigenvalue weighted by atomic mass is 9.92. The molecule has 0 spiro atoms. The molecular formula is C33H33ClF2N6O3S. The number of nitriles is 1. The van der Waals surface area contributed by atoms with Gasteiger partial charge in [-0.05, 0) is 56.2 Å². The van der Waals surface area contributed by atoms with E-state index < -0.39 is 17.7 Å². The summed E-state index contributed by atoms with van der Waals surface area (Å²) in [4.78, 5) is 14.1. The zero-order valence-corrected chi connectivity index (χ0v) is 26.9. The molecule has 0 amide bonds. The summed E-state index contributed by atoms with van der Waals surface area (Å²) in [5, 5.41) is 21.0. The molecule has 4 aliphatic heterocycles. The van der Waals surface area contributed by atoms with E-state index in [1.54, 1.807) is 0 Å². The molecular weight excluding hydrogens is 634 g/mol. The number of hydrogen-bond acceptors (Lipinski definition) is 10. The minimum atomic E-state index is -0.758. The highest BCUT2D eigenvalue weighted by Gasteiger charge is 2.48. The van der Waals surface area contributed by atoms with Crippen LogP contribution in [0.25, 0.3) is 32.1 Å². The summed E-state index contributed by atoms with van der Waals surface area (Å²) in [6.07, 6.45) is 4.30. The predicted octanol–water partition coefficient (Wildman–Crippen LogP) is 6.26. The first-order valence-electron chi connectivity index (χ1n) is 15.8. The van der Waals surface area contributed by atoms with Crippen LogP contribution in [-0.2, 0) is 0 Å². The molecule has 13 heteroatoms. The second-order valence-electron chi connectivity index (χ2n) is 13.2. The van der Waals surface area contributed by atoms with Crippen LogP contribution in [0.4, 0.5) is 19.6 Å². The Morgan fingerprint density at radius 3 is 2.93 bits per heavy atom. The van der Waals surface area contributed by atoms with Gasteiger partial charge in [0.15, 0.2) is 11.6 Å². The van der Waals surface area contributed by atoms with E-state index in [1.165, 1.54) is 12.1 Å². The molecule has 2 aromatic carbocycles. The summed E-state index contributed by atoms with van der Waals surface area (Å²) in [7, 11) is 0. The molecule has 3 N–H and O–H groups in total. The lowest BCUT2D eigenvalue weighted by Gasteiger charge is -2.40. The van der Waals surface area contributed by atoms with E-state index in [0.717, 1.165) is 43.7 Å². The number of aromatic nitrogens is 2. The Labute approximate surface area is 273 Å². The largest absolute Gasteiger partial charge is 0.491 e. The molecule has 46 heavy (non-hydrogen) atoms. The molecule has 3 fully saturated rings. The maximum absolute atomic E-state index is 17.2. The number of nitrogens with zero attached hydrogens (tertiary/aromatic N) is 5. The molecule has 4 aliphatic rings. The first kappa shape index (κ1) is 29.9. The third-order valence-corrected chi connectivity index (χ3v) is 11.7. The number of rotatable bonds is 4. The number of fused-ring (bicyclic) bond motifs is 4. The van der Waals surface area contributed by atoms with Crippen molar-refractivity contribution in [2.75, 3.05) is 43.5 Å². The normalized spacial score (nSPS) is 26.0. The summed E-state index contributed by atoms with van der Waals surface area (Å²) in [5.41, 5.74) is 6.17. The Balaban J connectivity index is 1.35. The van der Waals surface area contributed by atoms with E-state index in [-0.39, 0.29) is 72.3 Å². The van der Waals surface area contributed by atoms with E-state index >= 15 is 4.39 Å². The maximum atomic E-state index is 17.2. The Bertz CT molecular complexity index is 1950. The van der Waals surface area contributed by atoms with Crippen LogP contribution in [0, 0.1) is 28.9 Å². The van der Waals surface area contributed by atoms with Crippen LogP contribution < -0.4 is 20.1 Å². The van der Waals surface area contributed by atoms with Crippen LogP contribution in [-0.4, -0.2) is 70.5 Å². The second kappa shape index (κ2) is 11.0. The van der Waals surface area contributed by atoms with Crippen LogP contribution >= 0.6 is 22.9 Å². The highest BCUT2D eigenvalue weighted by atomic mass is 35.5. The number of hydrogen-bond donors (Lipinski definition) is 2. The first-order chi connectivity index (χ1) is 22.2. The van der Waals surface area contributed by atoms with Crippen molar-refractivity contribution in [3.8, 4) is 29.0 Å². The van der Waals surface area contributed by atoms with Crippen LogP contribution in [0.3, 0.4) is 0 Å². The summed E-state index contributed by atoms with van der Waals surface area (Å²) >= 11 is 7.97. The molecule has 0 radical (unpaired) electrons. The van der Waals surface area contributed by atoms with Crippen LogP contribution in [0.15, 0.2) is 12.1 Å². The lowest BCUT2D eigenvalue weighted by Crippen LogP contribution is -2.46. The first-order valence-corrected chi connectivity index (χ1v) is 17.0. The van der Waals surface area contributed by atoms with Gasteiger partial charge in [0.2, 0.25) is 0 Å². The highest BCUT2D eigenvalue weighted by Crippen LogP contribution is 2.51. The van der Waals surface area contributed by atoms with Gasteiger partial charge >= 0.3 is 6.01 Å². The van der Waals surface area contributed by atoms with Crippen molar-refractivity contribution >= 4 is 54.7 Å². The molecule has 0 bridgehead atoms. The van der Waals surface area contributed by atoms with Crippen LogP contribution in [0.5, 0.6) is 11.8 Å². The van der Waals surface area contributed by atoms with Gasteiger partial charge in [-0.25, -0.2) is 8.78 Å². The minimum Gasteiger partial charge on any atom is -0.491 e. The minimum absolute atomic E-state index is 0.0268. The maximum Gasteiger partial charge on any atom is 0.319 e. The van der Waals surface area contributed by atoms with Gasteiger partial charge in [-0.2, -0.15) is 15.2 Å². The predicted molar refractivity (Wildman–Crippen MR) is 174 cm³/mol. The number of aliphatic hydroxyl groups is 1. The monoisotopic (exact) mass is 666 g/mol. The van der Waals surface area contributed by atoms with Crippen molar-refractivity contribution in [1.29, 1.82) is 5.26 Å². The highest BCUT2D eigenvalue weighted by molar-refractivity contribution is 7.23. The van der Waals surface area contributed by atoms with Gasteiger partial charge in [0.05, 0.1) is 38.9 Å². The number of aliphatic hydroxyl groups excluding tert-OH is 1. The molecule has 0 saturated carbocycles. The Kier molecular flexibility index (Phi) is 7.17. The number of thiophene rings is 1. The van der Waals surface area contributed by atoms with E-state index in [1.807, 2.05) is 0 Å². The summed E-state index contributed by atoms with van der Waals surface area (Å²) in [6, 6.07) is 4.64. The van der Waals surface area contributed by atoms with Gasteiger partial charge in [0.1, 0.15) is 34.8 Å². The van der Waals surface area contributed by atoms with Gasteiger partial charge in [0.25, 0.3) is 0 Å². The number of nitrogens with two attached hydrogens (primary N) is 1. The summed E-state index contributed by atoms with van der Waals surface area (Å²) in [6.45, 7) is 5.44. The van der Waals surface area contributed by atoms with Crippen molar-refractivity contribution in [2.24, 2.45) is 5.92 Å². The number of piperidine rings is 1. The fraction of sp³-hybridized carbons (Fsp3) is 0.485. The van der Waals surface area contributed by atoms with Crippen LogP contribution in [0.2, 0.25) is 5.02 Å². The van der Waals surface area contributed by atoms with E-state index in [0.29, 0.717) is 49.5 Å². The van der Waals surface area contributed by atoms with Gasteiger partial charge in [0, 0.05) is 36.5 Å². The van der Waals surface area contributed by atoms with Crippen LogP contribution in [0.1, 0.15) is 51.0 Å². The van der Waals surface area contributed by atoms with Crippen molar-refractivity contribution in [2.45, 2.75) is 63.1 Å². The van der Waals surface area contributed by atoms with E-state index in [9.17, 15) is 14.8 Å². The number of nitrogen functional groups attached to an aromatic ring is 1. The Hall–Kier alpha value is -3.50. The SMILES string of the molecule is C[C@H]1CN2CCCC2(COc2nc3c4c(c(Cl)c(-c5ccc(F)c6sc(N)c(C#N)c56)c(F)c4n2)OCCC2CC(O)CCN32)C1. The molecule has 4 atom stereocenters. The molecule has 240 valence electrons. The average Bonchev–Trinajstić information content (AvgIpc) is 3.67. The smallest absolute Gasteiger partial charge is 0.319 e. The molecule has 8 rings (SSSR count). The van der Waals surface area contributed by atoms with Gasteiger partial charge in [-0.1, -0.05) is 24.6 Å².